The molecule has 1 aliphatic heterocycles. The monoisotopic (exact) mass is 376 g/mol. The van der Waals surface area contributed by atoms with E-state index in [1.165, 1.54) is 16.7 Å². The number of fused-ring (bicyclic) bond motifs is 3. The van der Waals surface area contributed by atoms with Crippen LogP contribution >= 0.6 is 0 Å². The Morgan fingerprint density at radius 1 is 1.11 bits per heavy atom. The molecule has 2 aliphatic rings. The molecule has 4 rings (SSSR count). The maximum absolute atomic E-state index is 12.7. The molecule has 148 valence electrons. The van der Waals surface area contributed by atoms with Crippen LogP contribution in [-0.4, -0.2) is 18.0 Å². The Balaban J connectivity index is 1.69. The summed E-state index contributed by atoms with van der Waals surface area (Å²) in [5.74, 6) is 1.73. The molecular formula is C26H32O2. The number of hydrogen-bond acceptors (Lipinski definition) is 2. The lowest BCUT2D eigenvalue weighted by Gasteiger charge is -2.49. The Kier molecular flexibility index (Phi) is 5.42. The van der Waals surface area contributed by atoms with E-state index in [2.05, 4.69) is 61.5 Å². The second kappa shape index (κ2) is 7.83. The van der Waals surface area contributed by atoms with Gasteiger partial charge in [-0.1, -0.05) is 75.4 Å². The maximum atomic E-state index is 12.7. The van der Waals surface area contributed by atoms with E-state index >= 15 is 0 Å². The predicted molar refractivity (Wildman–Crippen MR) is 113 cm³/mol. The topological polar surface area (TPSA) is 26.3 Å². The zero-order valence-corrected chi connectivity index (χ0v) is 17.4. The van der Waals surface area contributed by atoms with Crippen molar-refractivity contribution < 1.29 is 9.53 Å². The van der Waals surface area contributed by atoms with Gasteiger partial charge in [0.05, 0.1) is 12.2 Å². The Labute approximate surface area is 169 Å². The molecule has 0 N–H and O–H groups in total. The molecule has 2 aromatic rings. The van der Waals surface area contributed by atoms with Gasteiger partial charge in [-0.05, 0) is 53.7 Å². The molecule has 0 radical (unpaired) electrons. The average molecular weight is 377 g/mol. The Hall–Kier alpha value is -1.93. The third-order valence-electron chi connectivity index (χ3n) is 7.11. The fourth-order valence-corrected chi connectivity index (χ4v) is 5.48. The minimum Gasteiger partial charge on any atom is -0.374 e. The number of carbonyl (C=O) groups excluding carboxylic acids is 1. The van der Waals surface area contributed by atoms with E-state index in [4.69, 9.17) is 4.74 Å². The number of ketones is 1. The van der Waals surface area contributed by atoms with E-state index in [1.807, 2.05) is 13.8 Å². The van der Waals surface area contributed by atoms with Crippen LogP contribution in [0.1, 0.15) is 56.2 Å². The molecule has 2 nitrogen and oxygen atoms in total. The zero-order chi connectivity index (χ0) is 19.7. The summed E-state index contributed by atoms with van der Waals surface area (Å²) in [5.41, 5.74) is 4.00. The third-order valence-corrected chi connectivity index (χ3v) is 7.11. The van der Waals surface area contributed by atoms with Crippen LogP contribution in [0.3, 0.4) is 0 Å². The highest BCUT2D eigenvalue weighted by Gasteiger charge is 2.53. The van der Waals surface area contributed by atoms with Crippen LogP contribution in [0.2, 0.25) is 0 Å². The van der Waals surface area contributed by atoms with Gasteiger partial charge in [-0.25, -0.2) is 0 Å². The molecule has 4 unspecified atom stereocenters. The number of hydrogen-bond donors (Lipinski definition) is 0. The summed E-state index contributed by atoms with van der Waals surface area (Å²) in [6, 6.07) is 19.7. The van der Waals surface area contributed by atoms with Gasteiger partial charge in [0, 0.05) is 12.3 Å². The van der Waals surface area contributed by atoms with E-state index in [9.17, 15) is 4.79 Å². The van der Waals surface area contributed by atoms with Gasteiger partial charge in [0.15, 0.2) is 0 Å². The van der Waals surface area contributed by atoms with Crippen molar-refractivity contribution in [3.63, 3.8) is 0 Å². The van der Waals surface area contributed by atoms with Crippen molar-refractivity contribution in [1.82, 2.24) is 0 Å². The summed E-state index contributed by atoms with van der Waals surface area (Å²) in [4.78, 5) is 12.7. The van der Waals surface area contributed by atoms with E-state index in [0.717, 1.165) is 25.9 Å². The minimum atomic E-state index is -0.321. The van der Waals surface area contributed by atoms with Crippen molar-refractivity contribution in [3.8, 4) is 0 Å². The number of Topliss-reactive ketones (excluding diaryl/α,β-unsaturated/α-hetero) is 1. The lowest BCUT2D eigenvalue weighted by atomic mass is 9.66. The van der Waals surface area contributed by atoms with Crippen LogP contribution in [-0.2, 0) is 22.4 Å². The third kappa shape index (κ3) is 3.43. The number of rotatable bonds is 6. The summed E-state index contributed by atoms with van der Waals surface area (Å²) in [6.45, 7) is 6.95. The van der Waals surface area contributed by atoms with E-state index in [-0.39, 0.29) is 11.5 Å². The first-order valence-electron chi connectivity index (χ1n) is 10.8. The molecule has 1 aliphatic carbocycles. The normalized spacial score (nSPS) is 28.8. The Bertz CT molecular complexity index is 825. The largest absolute Gasteiger partial charge is 0.374 e. The van der Waals surface area contributed by atoms with Crippen molar-refractivity contribution in [2.24, 2.45) is 17.8 Å². The zero-order valence-electron chi connectivity index (χ0n) is 17.4. The average Bonchev–Trinajstić information content (AvgIpc) is 3.11. The second-order valence-corrected chi connectivity index (χ2v) is 9.01. The Morgan fingerprint density at radius 2 is 1.82 bits per heavy atom. The minimum absolute atomic E-state index is 0.0660. The fraction of sp³-hybridized carbons (Fsp3) is 0.500. The van der Waals surface area contributed by atoms with Gasteiger partial charge in [-0.15, -0.1) is 0 Å². The molecule has 0 spiro atoms. The van der Waals surface area contributed by atoms with Gasteiger partial charge in [-0.3, -0.25) is 4.79 Å². The van der Waals surface area contributed by atoms with Crippen LogP contribution in [0.15, 0.2) is 54.6 Å². The highest BCUT2D eigenvalue weighted by Crippen LogP contribution is 2.54. The highest BCUT2D eigenvalue weighted by atomic mass is 16.5. The number of carbonyl (C=O) groups is 1. The van der Waals surface area contributed by atoms with Gasteiger partial charge < -0.3 is 4.74 Å². The lowest BCUT2D eigenvalue weighted by molar-refractivity contribution is -0.162. The molecule has 2 heteroatoms. The van der Waals surface area contributed by atoms with Gasteiger partial charge >= 0.3 is 0 Å². The lowest BCUT2D eigenvalue weighted by Crippen LogP contribution is -2.51. The maximum Gasteiger partial charge on any atom is 0.138 e. The van der Waals surface area contributed by atoms with E-state index in [1.54, 1.807) is 0 Å². The molecule has 1 fully saturated rings. The first-order chi connectivity index (χ1) is 13.5. The van der Waals surface area contributed by atoms with Gasteiger partial charge in [0.25, 0.3) is 0 Å². The summed E-state index contributed by atoms with van der Waals surface area (Å²) in [7, 11) is 0. The quantitative estimate of drug-likeness (QED) is 0.656. The smallest absolute Gasteiger partial charge is 0.138 e. The molecule has 0 amide bonds. The molecule has 1 heterocycles. The SMILES string of the molecule is CCC1(CC(=O)C(C)C)OCC(Cc2ccccc2)C2c3ccccc3CC21. The van der Waals surface area contributed by atoms with Gasteiger partial charge in [0.1, 0.15) is 5.78 Å². The van der Waals surface area contributed by atoms with Crippen molar-refractivity contribution in [3.05, 3.63) is 71.3 Å². The van der Waals surface area contributed by atoms with Crippen molar-refractivity contribution >= 4 is 5.78 Å². The molecule has 0 aromatic heterocycles. The van der Waals surface area contributed by atoms with Gasteiger partial charge in [0.2, 0.25) is 0 Å². The highest BCUT2D eigenvalue weighted by molar-refractivity contribution is 5.81. The first-order valence-corrected chi connectivity index (χ1v) is 10.8. The van der Waals surface area contributed by atoms with E-state index in [0.29, 0.717) is 30.0 Å². The molecule has 0 saturated carbocycles. The summed E-state index contributed by atoms with van der Waals surface area (Å²) in [6.07, 6.45) is 3.52. The molecule has 1 saturated heterocycles. The van der Waals surface area contributed by atoms with Crippen molar-refractivity contribution in [1.29, 1.82) is 0 Å². The van der Waals surface area contributed by atoms with E-state index < -0.39 is 0 Å². The van der Waals surface area contributed by atoms with Crippen LogP contribution in [0.25, 0.3) is 0 Å². The molecule has 4 atom stereocenters. The van der Waals surface area contributed by atoms with Crippen LogP contribution in [0, 0.1) is 17.8 Å². The number of ether oxygens (including phenoxy) is 1. The molecule has 28 heavy (non-hydrogen) atoms. The first kappa shape index (κ1) is 19.4. The summed E-state index contributed by atoms with van der Waals surface area (Å²) < 4.78 is 6.64. The van der Waals surface area contributed by atoms with Crippen molar-refractivity contribution in [2.45, 2.75) is 58.0 Å². The second-order valence-electron chi connectivity index (χ2n) is 9.01. The predicted octanol–water partition coefficient (Wildman–Crippen LogP) is 5.60. The van der Waals surface area contributed by atoms with Crippen LogP contribution < -0.4 is 0 Å². The standard InChI is InChI=1S/C26H32O2/c1-4-26(16-24(27)18(2)3)23-15-20-12-8-9-13-22(20)25(23)21(17-28-26)14-19-10-6-5-7-11-19/h5-13,18,21,23,25H,4,14-17H2,1-3H3. The Morgan fingerprint density at radius 3 is 2.54 bits per heavy atom. The fourth-order valence-electron chi connectivity index (χ4n) is 5.48. The van der Waals surface area contributed by atoms with Crippen LogP contribution in [0.5, 0.6) is 0 Å². The molecule has 2 aromatic carbocycles. The number of benzene rings is 2. The van der Waals surface area contributed by atoms with Crippen LogP contribution in [0.4, 0.5) is 0 Å². The summed E-state index contributed by atoms with van der Waals surface area (Å²) >= 11 is 0. The van der Waals surface area contributed by atoms with Crippen molar-refractivity contribution in [2.75, 3.05) is 6.61 Å². The van der Waals surface area contributed by atoms with Gasteiger partial charge in [-0.2, -0.15) is 0 Å². The summed E-state index contributed by atoms with van der Waals surface area (Å²) in [5, 5.41) is 0. The molecular weight excluding hydrogens is 344 g/mol. The molecule has 0 bridgehead atoms.